The fourth-order valence-corrected chi connectivity index (χ4v) is 3.37. The standard InChI is InChI=1S/C15H15ClFNO3S/c1-10-3-6-14(21-2)15(7-10)22(19,20)18-9-11-4-5-13(17)12(16)8-11/h3-8,18H,9H2,1-2H3. The number of aryl methyl sites for hydroxylation is 1. The Morgan fingerprint density at radius 3 is 2.59 bits per heavy atom. The minimum absolute atomic E-state index is 0.000566. The summed E-state index contributed by atoms with van der Waals surface area (Å²) < 4.78 is 45.4. The number of hydrogen-bond acceptors (Lipinski definition) is 3. The van der Waals surface area contributed by atoms with Gasteiger partial charge in [0.2, 0.25) is 10.0 Å². The Balaban J connectivity index is 2.24. The lowest BCUT2D eigenvalue weighted by molar-refractivity contribution is 0.402. The van der Waals surface area contributed by atoms with Crippen LogP contribution in [0.1, 0.15) is 11.1 Å². The number of methoxy groups -OCH3 is 1. The van der Waals surface area contributed by atoms with Gasteiger partial charge in [0, 0.05) is 6.54 Å². The number of halogens is 2. The van der Waals surface area contributed by atoms with Crippen molar-refractivity contribution in [2.45, 2.75) is 18.4 Å². The van der Waals surface area contributed by atoms with Gasteiger partial charge in [-0.05, 0) is 42.3 Å². The van der Waals surface area contributed by atoms with Gasteiger partial charge in [-0.15, -0.1) is 0 Å². The number of hydrogen-bond donors (Lipinski definition) is 1. The molecule has 0 aliphatic carbocycles. The zero-order valence-electron chi connectivity index (χ0n) is 12.1. The van der Waals surface area contributed by atoms with Crippen molar-refractivity contribution in [2.75, 3.05) is 7.11 Å². The molecule has 2 aromatic rings. The molecule has 0 aliphatic rings. The summed E-state index contributed by atoms with van der Waals surface area (Å²) in [5.74, 6) is -0.288. The molecule has 7 heteroatoms. The molecule has 4 nitrogen and oxygen atoms in total. The van der Waals surface area contributed by atoms with Crippen LogP contribution in [0.3, 0.4) is 0 Å². The van der Waals surface area contributed by atoms with E-state index in [-0.39, 0.29) is 22.2 Å². The van der Waals surface area contributed by atoms with Crippen molar-refractivity contribution >= 4 is 21.6 Å². The molecule has 22 heavy (non-hydrogen) atoms. The second kappa shape index (κ2) is 6.64. The van der Waals surface area contributed by atoms with E-state index >= 15 is 0 Å². The third kappa shape index (κ3) is 3.76. The van der Waals surface area contributed by atoms with Crippen molar-refractivity contribution in [3.63, 3.8) is 0 Å². The first-order chi connectivity index (χ1) is 10.3. The molecule has 0 amide bonds. The van der Waals surface area contributed by atoms with Gasteiger partial charge in [-0.1, -0.05) is 23.7 Å². The monoisotopic (exact) mass is 343 g/mol. The van der Waals surface area contributed by atoms with Gasteiger partial charge in [0.15, 0.2) is 0 Å². The predicted molar refractivity (Wildman–Crippen MR) is 83.2 cm³/mol. The topological polar surface area (TPSA) is 55.4 Å². The average molecular weight is 344 g/mol. The van der Waals surface area contributed by atoms with Crippen LogP contribution in [0.15, 0.2) is 41.3 Å². The van der Waals surface area contributed by atoms with Gasteiger partial charge < -0.3 is 4.74 Å². The Labute approximate surface area is 133 Å². The van der Waals surface area contributed by atoms with Crippen molar-refractivity contribution in [1.29, 1.82) is 0 Å². The Kier molecular flexibility index (Phi) is 5.05. The van der Waals surface area contributed by atoms with Crippen molar-refractivity contribution in [3.05, 3.63) is 58.4 Å². The number of benzene rings is 2. The number of ether oxygens (including phenoxy) is 1. The largest absolute Gasteiger partial charge is 0.495 e. The summed E-state index contributed by atoms with van der Waals surface area (Å²) in [6.07, 6.45) is 0. The highest BCUT2D eigenvalue weighted by Gasteiger charge is 2.19. The van der Waals surface area contributed by atoms with Gasteiger partial charge in [-0.2, -0.15) is 0 Å². The van der Waals surface area contributed by atoms with Crippen LogP contribution in [-0.2, 0) is 16.6 Å². The van der Waals surface area contributed by atoms with E-state index in [9.17, 15) is 12.8 Å². The van der Waals surface area contributed by atoms with E-state index in [1.807, 2.05) is 0 Å². The minimum atomic E-state index is -3.76. The fourth-order valence-electron chi connectivity index (χ4n) is 1.90. The van der Waals surface area contributed by atoms with Crippen LogP contribution in [0, 0.1) is 12.7 Å². The molecule has 2 aromatic carbocycles. The molecule has 0 heterocycles. The highest BCUT2D eigenvalue weighted by molar-refractivity contribution is 7.89. The SMILES string of the molecule is COc1ccc(C)cc1S(=O)(=O)NCc1ccc(F)c(Cl)c1. The fraction of sp³-hybridized carbons (Fsp3) is 0.200. The van der Waals surface area contributed by atoms with E-state index in [1.54, 1.807) is 19.1 Å². The quantitative estimate of drug-likeness (QED) is 0.906. The Hall–Kier alpha value is -1.63. The highest BCUT2D eigenvalue weighted by atomic mass is 35.5. The molecule has 2 rings (SSSR count). The molecule has 118 valence electrons. The van der Waals surface area contributed by atoms with Gasteiger partial charge in [-0.3, -0.25) is 0 Å². The predicted octanol–water partition coefficient (Wildman–Crippen LogP) is 3.27. The molecule has 0 saturated carbocycles. The molecule has 0 fully saturated rings. The van der Waals surface area contributed by atoms with Crippen molar-refractivity contribution in [3.8, 4) is 5.75 Å². The number of rotatable bonds is 5. The second-order valence-electron chi connectivity index (χ2n) is 4.73. The second-order valence-corrected chi connectivity index (χ2v) is 6.87. The van der Waals surface area contributed by atoms with Crippen LogP contribution in [0.25, 0.3) is 0 Å². The van der Waals surface area contributed by atoms with Crippen molar-refractivity contribution in [2.24, 2.45) is 0 Å². The number of sulfonamides is 1. The van der Waals surface area contributed by atoms with E-state index < -0.39 is 15.8 Å². The summed E-state index contributed by atoms with van der Waals surface area (Å²) >= 11 is 5.68. The maximum atomic E-state index is 13.1. The van der Waals surface area contributed by atoms with Crippen LogP contribution >= 0.6 is 11.6 Å². The first-order valence-electron chi connectivity index (χ1n) is 6.42. The highest BCUT2D eigenvalue weighted by Crippen LogP contribution is 2.25. The molecule has 0 atom stereocenters. The molecule has 0 unspecified atom stereocenters. The van der Waals surface area contributed by atoms with Crippen molar-refractivity contribution < 1.29 is 17.5 Å². The van der Waals surface area contributed by atoms with Gasteiger partial charge >= 0.3 is 0 Å². The van der Waals surface area contributed by atoms with Gasteiger partial charge in [0.1, 0.15) is 16.5 Å². The van der Waals surface area contributed by atoms with E-state index in [2.05, 4.69) is 4.72 Å². The van der Waals surface area contributed by atoms with E-state index in [0.29, 0.717) is 5.56 Å². The maximum absolute atomic E-state index is 13.1. The van der Waals surface area contributed by atoms with Gasteiger partial charge in [0.05, 0.1) is 12.1 Å². The summed E-state index contributed by atoms with van der Waals surface area (Å²) in [4.78, 5) is 0.0585. The molecule has 0 bridgehead atoms. The molecule has 0 aromatic heterocycles. The van der Waals surface area contributed by atoms with E-state index in [0.717, 1.165) is 5.56 Å². The zero-order valence-corrected chi connectivity index (χ0v) is 13.6. The molecule has 0 saturated heterocycles. The number of nitrogens with one attached hydrogen (secondary N) is 1. The van der Waals surface area contributed by atoms with Crippen molar-refractivity contribution in [1.82, 2.24) is 4.72 Å². The van der Waals surface area contributed by atoms with Crippen LogP contribution in [0.2, 0.25) is 5.02 Å². The summed E-state index contributed by atoms with van der Waals surface area (Å²) in [7, 11) is -2.35. The third-order valence-corrected chi connectivity index (χ3v) is 4.77. The molecule has 0 aliphatic heterocycles. The Bertz CT molecular complexity index is 793. The lowest BCUT2D eigenvalue weighted by Gasteiger charge is -2.11. The lowest BCUT2D eigenvalue weighted by atomic mass is 10.2. The van der Waals surface area contributed by atoms with Gasteiger partial charge in [-0.25, -0.2) is 17.5 Å². The van der Waals surface area contributed by atoms with Crippen LogP contribution < -0.4 is 9.46 Å². The molecule has 0 radical (unpaired) electrons. The zero-order chi connectivity index (χ0) is 16.3. The summed E-state index contributed by atoms with van der Waals surface area (Å²) in [6.45, 7) is 1.79. The normalized spacial score (nSPS) is 11.5. The summed E-state index contributed by atoms with van der Waals surface area (Å²) in [5.41, 5.74) is 1.35. The summed E-state index contributed by atoms with van der Waals surface area (Å²) in [6, 6.07) is 8.93. The van der Waals surface area contributed by atoms with Gasteiger partial charge in [0.25, 0.3) is 0 Å². The molecular formula is C15H15ClFNO3S. The lowest BCUT2D eigenvalue weighted by Crippen LogP contribution is -2.24. The van der Waals surface area contributed by atoms with Crippen LogP contribution in [0.5, 0.6) is 5.75 Å². The first kappa shape index (κ1) is 16.7. The third-order valence-electron chi connectivity index (χ3n) is 3.06. The maximum Gasteiger partial charge on any atom is 0.244 e. The summed E-state index contributed by atoms with van der Waals surface area (Å²) in [5, 5.41) is -0.0511. The molecular weight excluding hydrogens is 329 g/mol. The Morgan fingerprint density at radius 1 is 1.23 bits per heavy atom. The van der Waals surface area contributed by atoms with Crippen LogP contribution in [0.4, 0.5) is 4.39 Å². The first-order valence-corrected chi connectivity index (χ1v) is 8.28. The van der Waals surface area contributed by atoms with E-state index in [1.165, 1.54) is 31.4 Å². The average Bonchev–Trinajstić information content (AvgIpc) is 2.48. The Morgan fingerprint density at radius 2 is 1.95 bits per heavy atom. The van der Waals surface area contributed by atoms with Crippen LogP contribution in [-0.4, -0.2) is 15.5 Å². The minimum Gasteiger partial charge on any atom is -0.495 e. The molecule has 0 spiro atoms. The molecule has 1 N–H and O–H groups in total. The smallest absolute Gasteiger partial charge is 0.244 e. The van der Waals surface area contributed by atoms with E-state index in [4.69, 9.17) is 16.3 Å².